The maximum atomic E-state index is 13.9. The van der Waals surface area contributed by atoms with Crippen molar-refractivity contribution < 1.29 is 17.2 Å². The van der Waals surface area contributed by atoms with Crippen molar-refractivity contribution in [2.45, 2.75) is 9.92 Å². The van der Waals surface area contributed by atoms with Crippen molar-refractivity contribution in [2.24, 2.45) is 0 Å². The lowest BCUT2D eigenvalue weighted by molar-refractivity contribution is 0.570. The molecule has 0 aliphatic carbocycles. The molecule has 1 heterocycles. The average molecular weight is 411 g/mol. The number of hydrogen-bond donors (Lipinski definition) is 1. The van der Waals surface area contributed by atoms with Gasteiger partial charge in [0.15, 0.2) is 0 Å². The molecule has 0 unspecified atom stereocenters. The summed E-state index contributed by atoms with van der Waals surface area (Å²) in [6, 6.07) is 12.0. The Morgan fingerprint density at radius 3 is 2.42 bits per heavy atom. The highest BCUT2D eigenvalue weighted by molar-refractivity contribution is 9.10. The number of anilines is 1. The van der Waals surface area contributed by atoms with E-state index in [1.54, 1.807) is 18.2 Å². The van der Waals surface area contributed by atoms with E-state index in [-0.39, 0.29) is 27.3 Å². The second-order valence-electron chi connectivity index (χ2n) is 4.84. The zero-order valence-corrected chi connectivity index (χ0v) is 14.9. The second-order valence-corrected chi connectivity index (χ2v) is 7.62. The number of nitrogens with one attached hydrogen (secondary N) is 1. The van der Waals surface area contributed by atoms with E-state index in [0.29, 0.717) is 0 Å². The summed E-state index contributed by atoms with van der Waals surface area (Å²) in [7, 11) is -2.40. The lowest BCUT2D eigenvalue weighted by Gasteiger charge is -2.02. The molecule has 0 amide bonds. The van der Waals surface area contributed by atoms with Crippen LogP contribution in [0.25, 0.3) is 11.5 Å². The molecule has 0 saturated carbocycles. The lowest BCUT2D eigenvalue weighted by Crippen LogP contribution is -2.05. The smallest absolute Gasteiger partial charge is 0.233 e. The SMILES string of the molecule is CNc1oc(-c2ccccc2F)nc1S(=O)(=O)c1ccc(Br)cc1. The Labute approximate surface area is 146 Å². The van der Waals surface area contributed by atoms with Gasteiger partial charge in [0, 0.05) is 11.5 Å². The molecule has 5 nitrogen and oxygen atoms in total. The van der Waals surface area contributed by atoms with Crippen molar-refractivity contribution in [3.63, 3.8) is 0 Å². The molecular formula is C16H12BrFN2O3S. The van der Waals surface area contributed by atoms with Gasteiger partial charge in [0.25, 0.3) is 0 Å². The summed E-state index contributed by atoms with van der Waals surface area (Å²) in [6.07, 6.45) is 0. The number of aromatic nitrogens is 1. The largest absolute Gasteiger partial charge is 0.419 e. The fourth-order valence-electron chi connectivity index (χ4n) is 2.12. The molecule has 2 aromatic carbocycles. The molecule has 1 aromatic heterocycles. The third-order valence-corrected chi connectivity index (χ3v) is 5.51. The van der Waals surface area contributed by atoms with Gasteiger partial charge in [0.1, 0.15) is 5.82 Å². The third kappa shape index (κ3) is 2.94. The van der Waals surface area contributed by atoms with Crippen molar-refractivity contribution in [1.82, 2.24) is 4.98 Å². The van der Waals surface area contributed by atoms with Crippen molar-refractivity contribution in [1.29, 1.82) is 0 Å². The molecule has 124 valence electrons. The number of benzene rings is 2. The molecule has 0 saturated heterocycles. The van der Waals surface area contributed by atoms with E-state index in [2.05, 4.69) is 26.2 Å². The Balaban J connectivity index is 2.15. The Kier molecular flexibility index (Phi) is 4.42. The topological polar surface area (TPSA) is 72.2 Å². The van der Waals surface area contributed by atoms with Gasteiger partial charge in [0.2, 0.25) is 26.6 Å². The number of sulfone groups is 1. The first-order chi connectivity index (χ1) is 11.4. The Hall–Kier alpha value is -2.19. The zero-order valence-electron chi connectivity index (χ0n) is 12.5. The van der Waals surface area contributed by atoms with E-state index in [9.17, 15) is 12.8 Å². The van der Waals surface area contributed by atoms with Crippen LogP contribution in [0.15, 0.2) is 67.3 Å². The van der Waals surface area contributed by atoms with Gasteiger partial charge in [-0.15, -0.1) is 0 Å². The van der Waals surface area contributed by atoms with Gasteiger partial charge in [-0.1, -0.05) is 28.1 Å². The minimum absolute atomic E-state index is 0.0452. The van der Waals surface area contributed by atoms with E-state index in [4.69, 9.17) is 4.42 Å². The summed E-state index contributed by atoms with van der Waals surface area (Å²) in [5, 5.41) is 2.37. The minimum Gasteiger partial charge on any atom is -0.419 e. The minimum atomic E-state index is -3.91. The maximum Gasteiger partial charge on any atom is 0.233 e. The van der Waals surface area contributed by atoms with Crippen molar-refractivity contribution in [3.8, 4) is 11.5 Å². The second kappa shape index (κ2) is 6.37. The van der Waals surface area contributed by atoms with Gasteiger partial charge >= 0.3 is 0 Å². The summed E-state index contributed by atoms with van der Waals surface area (Å²) in [5.41, 5.74) is 0.0891. The highest BCUT2D eigenvalue weighted by Crippen LogP contribution is 2.33. The van der Waals surface area contributed by atoms with E-state index in [1.165, 1.54) is 37.4 Å². The molecule has 0 radical (unpaired) electrons. The molecule has 3 aromatic rings. The first-order valence-electron chi connectivity index (χ1n) is 6.87. The van der Waals surface area contributed by atoms with E-state index >= 15 is 0 Å². The van der Waals surface area contributed by atoms with E-state index in [1.807, 2.05) is 0 Å². The van der Waals surface area contributed by atoms with Gasteiger partial charge in [-0.2, -0.15) is 4.98 Å². The van der Waals surface area contributed by atoms with Crippen LogP contribution in [0.1, 0.15) is 0 Å². The molecule has 8 heteroatoms. The normalized spacial score (nSPS) is 11.5. The third-order valence-electron chi connectivity index (χ3n) is 3.31. The number of halogens is 2. The Bertz CT molecular complexity index is 985. The Morgan fingerprint density at radius 2 is 1.79 bits per heavy atom. The molecular weight excluding hydrogens is 399 g/mol. The molecule has 3 rings (SSSR count). The summed E-state index contributed by atoms with van der Waals surface area (Å²) in [6.45, 7) is 0. The summed E-state index contributed by atoms with van der Waals surface area (Å²) in [5.74, 6) is -0.696. The van der Waals surface area contributed by atoms with Crippen molar-refractivity contribution in [2.75, 3.05) is 12.4 Å². The number of nitrogens with zero attached hydrogens (tertiary/aromatic N) is 1. The predicted octanol–water partition coefficient (Wildman–Crippen LogP) is 4.12. The summed E-state index contributed by atoms with van der Waals surface area (Å²) < 4.78 is 45.6. The number of oxazole rings is 1. The number of hydrogen-bond acceptors (Lipinski definition) is 5. The standard InChI is InChI=1S/C16H12BrFN2O3S/c1-19-15-16(24(21,22)11-8-6-10(17)7-9-11)20-14(23-15)12-4-2-3-5-13(12)18/h2-9,19H,1H3. The van der Waals surface area contributed by atoms with E-state index < -0.39 is 15.7 Å². The molecule has 0 fully saturated rings. The van der Waals surface area contributed by atoms with Crippen LogP contribution in [0, 0.1) is 5.82 Å². The van der Waals surface area contributed by atoms with Crippen LogP contribution >= 0.6 is 15.9 Å². The molecule has 0 aliphatic heterocycles. The molecule has 1 N–H and O–H groups in total. The molecule has 0 spiro atoms. The average Bonchev–Trinajstić information content (AvgIpc) is 3.00. The van der Waals surface area contributed by atoms with Crippen LogP contribution in [-0.4, -0.2) is 20.4 Å². The summed E-state index contributed by atoms with van der Waals surface area (Å²) in [4.78, 5) is 4.08. The molecule has 0 bridgehead atoms. The highest BCUT2D eigenvalue weighted by Gasteiger charge is 2.28. The fraction of sp³-hybridized carbons (Fsp3) is 0.0625. The van der Waals surface area contributed by atoms with Gasteiger partial charge in [-0.3, -0.25) is 0 Å². The van der Waals surface area contributed by atoms with Gasteiger partial charge in [0.05, 0.1) is 10.5 Å². The highest BCUT2D eigenvalue weighted by atomic mass is 79.9. The predicted molar refractivity (Wildman–Crippen MR) is 91.0 cm³/mol. The van der Waals surface area contributed by atoms with E-state index in [0.717, 1.165) is 4.47 Å². The zero-order chi connectivity index (χ0) is 17.3. The first kappa shape index (κ1) is 16.7. The quantitative estimate of drug-likeness (QED) is 0.700. The maximum absolute atomic E-state index is 13.9. The van der Waals surface area contributed by atoms with Gasteiger partial charge in [-0.05, 0) is 36.4 Å². The van der Waals surface area contributed by atoms with Crippen LogP contribution in [0.5, 0.6) is 0 Å². The van der Waals surface area contributed by atoms with Gasteiger partial charge < -0.3 is 9.73 Å². The first-order valence-corrected chi connectivity index (χ1v) is 9.15. The van der Waals surface area contributed by atoms with Crippen LogP contribution < -0.4 is 5.32 Å². The lowest BCUT2D eigenvalue weighted by atomic mass is 10.2. The van der Waals surface area contributed by atoms with Crippen molar-refractivity contribution in [3.05, 3.63) is 58.8 Å². The van der Waals surface area contributed by atoms with Crippen LogP contribution in [0.4, 0.5) is 10.3 Å². The van der Waals surface area contributed by atoms with Gasteiger partial charge in [-0.25, -0.2) is 12.8 Å². The molecule has 0 aliphatic rings. The fourth-order valence-corrected chi connectivity index (χ4v) is 3.69. The number of rotatable bonds is 4. The van der Waals surface area contributed by atoms with Crippen molar-refractivity contribution >= 4 is 31.7 Å². The molecule has 0 atom stereocenters. The monoisotopic (exact) mass is 410 g/mol. The van der Waals surface area contributed by atoms with Crippen LogP contribution in [-0.2, 0) is 9.84 Å². The summed E-state index contributed by atoms with van der Waals surface area (Å²) >= 11 is 3.26. The molecule has 24 heavy (non-hydrogen) atoms. The van der Waals surface area contributed by atoms with Crippen LogP contribution in [0.3, 0.4) is 0 Å². The Morgan fingerprint density at radius 1 is 1.12 bits per heavy atom. The van der Waals surface area contributed by atoms with Crippen LogP contribution in [0.2, 0.25) is 0 Å².